The highest BCUT2D eigenvalue weighted by atomic mass is 16.5. The predicted molar refractivity (Wildman–Crippen MR) is 79.8 cm³/mol. The fraction of sp³-hybridized carbons (Fsp3) is 0.353. The van der Waals surface area contributed by atoms with Gasteiger partial charge in [0.05, 0.1) is 0 Å². The van der Waals surface area contributed by atoms with E-state index >= 15 is 0 Å². The van der Waals surface area contributed by atoms with Crippen molar-refractivity contribution < 1.29 is 9.53 Å². The van der Waals surface area contributed by atoms with Gasteiger partial charge in [-0.05, 0) is 42.2 Å². The third-order valence-electron chi connectivity index (χ3n) is 3.59. The quantitative estimate of drug-likeness (QED) is 0.904. The smallest absolute Gasteiger partial charge is 0.261 e. The highest BCUT2D eigenvalue weighted by molar-refractivity contribution is 5.84. The van der Waals surface area contributed by atoms with E-state index in [-0.39, 0.29) is 5.91 Å². The lowest BCUT2D eigenvalue weighted by Gasteiger charge is -2.17. The van der Waals surface area contributed by atoms with Crippen LogP contribution in [0.4, 0.5) is 0 Å². The van der Waals surface area contributed by atoms with E-state index < -0.39 is 6.10 Å². The van der Waals surface area contributed by atoms with Gasteiger partial charge in [0.1, 0.15) is 5.75 Å². The summed E-state index contributed by atoms with van der Waals surface area (Å²) in [6.45, 7) is 1.97. The van der Waals surface area contributed by atoms with Crippen LogP contribution >= 0.6 is 0 Å². The first-order valence-corrected chi connectivity index (χ1v) is 7.22. The number of fused-ring (bicyclic) bond motifs is 1. The van der Waals surface area contributed by atoms with Gasteiger partial charge in [-0.25, -0.2) is 0 Å². The lowest BCUT2D eigenvalue weighted by molar-refractivity contribution is -0.128. The molecule has 0 heterocycles. The number of ether oxygens (including phenoxy) is 1. The number of carbonyl (C=O) groups is 1. The van der Waals surface area contributed by atoms with Gasteiger partial charge in [0.15, 0.2) is 6.10 Å². The first-order chi connectivity index (χ1) is 9.76. The summed E-state index contributed by atoms with van der Waals surface area (Å²) in [5.74, 6) is 0.754. The van der Waals surface area contributed by atoms with Gasteiger partial charge in [-0.15, -0.1) is 0 Å². The average Bonchev–Trinajstić information content (AvgIpc) is 3.28. The van der Waals surface area contributed by atoms with Crippen molar-refractivity contribution in [1.82, 2.24) is 5.32 Å². The fourth-order valence-corrected chi connectivity index (χ4v) is 2.25. The van der Waals surface area contributed by atoms with Gasteiger partial charge in [0, 0.05) is 6.04 Å². The van der Waals surface area contributed by atoms with Crippen molar-refractivity contribution in [3.05, 3.63) is 42.5 Å². The monoisotopic (exact) mass is 269 g/mol. The van der Waals surface area contributed by atoms with Crippen molar-refractivity contribution in [2.75, 3.05) is 0 Å². The molecule has 0 aliphatic heterocycles. The molecule has 0 saturated heterocycles. The summed E-state index contributed by atoms with van der Waals surface area (Å²) in [5, 5.41) is 5.30. The van der Waals surface area contributed by atoms with Crippen LogP contribution in [0.15, 0.2) is 42.5 Å². The maximum atomic E-state index is 12.1. The number of carbonyl (C=O) groups excluding carboxylic acids is 1. The first-order valence-electron chi connectivity index (χ1n) is 7.22. The van der Waals surface area contributed by atoms with Crippen LogP contribution in [0.2, 0.25) is 0 Å². The van der Waals surface area contributed by atoms with Crippen molar-refractivity contribution in [2.45, 2.75) is 38.3 Å². The molecule has 3 rings (SSSR count). The van der Waals surface area contributed by atoms with Crippen molar-refractivity contribution in [2.24, 2.45) is 0 Å². The van der Waals surface area contributed by atoms with Crippen LogP contribution in [-0.4, -0.2) is 18.1 Å². The molecule has 0 radical (unpaired) electrons. The SMILES string of the molecule is CC[C@H](Oc1ccc2ccccc2c1)C(=O)NC1CC1. The maximum absolute atomic E-state index is 12.1. The Morgan fingerprint density at radius 1 is 1.25 bits per heavy atom. The summed E-state index contributed by atoms with van der Waals surface area (Å²) in [7, 11) is 0. The molecule has 3 heteroatoms. The van der Waals surface area contributed by atoms with E-state index in [0.29, 0.717) is 12.5 Å². The van der Waals surface area contributed by atoms with E-state index in [1.165, 1.54) is 5.39 Å². The Labute approximate surface area is 118 Å². The van der Waals surface area contributed by atoms with E-state index in [1.54, 1.807) is 0 Å². The third-order valence-corrected chi connectivity index (χ3v) is 3.59. The van der Waals surface area contributed by atoms with Crippen molar-refractivity contribution in [3.8, 4) is 5.75 Å². The molecule has 1 saturated carbocycles. The molecule has 1 fully saturated rings. The summed E-state index contributed by atoms with van der Waals surface area (Å²) in [4.78, 5) is 12.1. The lowest BCUT2D eigenvalue weighted by Crippen LogP contribution is -2.39. The van der Waals surface area contributed by atoms with E-state index in [9.17, 15) is 4.79 Å². The number of nitrogens with one attached hydrogen (secondary N) is 1. The first kappa shape index (κ1) is 13.0. The van der Waals surface area contributed by atoms with E-state index in [0.717, 1.165) is 24.0 Å². The van der Waals surface area contributed by atoms with Crippen LogP contribution in [0.25, 0.3) is 10.8 Å². The Morgan fingerprint density at radius 2 is 2.00 bits per heavy atom. The second kappa shape index (κ2) is 5.53. The molecule has 2 aromatic rings. The molecular weight excluding hydrogens is 250 g/mol. The topological polar surface area (TPSA) is 38.3 Å². The number of benzene rings is 2. The number of hydrogen-bond acceptors (Lipinski definition) is 2. The average molecular weight is 269 g/mol. The second-order valence-corrected chi connectivity index (χ2v) is 5.31. The number of hydrogen-bond donors (Lipinski definition) is 1. The van der Waals surface area contributed by atoms with Crippen LogP contribution in [0.3, 0.4) is 0 Å². The molecule has 1 aliphatic rings. The Hall–Kier alpha value is -2.03. The highest BCUT2D eigenvalue weighted by Crippen LogP contribution is 2.23. The molecule has 2 aromatic carbocycles. The minimum atomic E-state index is -0.406. The van der Waals surface area contributed by atoms with Gasteiger partial charge in [0.2, 0.25) is 0 Å². The highest BCUT2D eigenvalue weighted by Gasteiger charge is 2.27. The van der Waals surface area contributed by atoms with E-state index in [2.05, 4.69) is 11.4 Å². The summed E-state index contributed by atoms with van der Waals surface area (Å²) in [5.41, 5.74) is 0. The molecule has 104 valence electrons. The van der Waals surface area contributed by atoms with Gasteiger partial charge in [-0.2, -0.15) is 0 Å². The van der Waals surface area contributed by atoms with Crippen molar-refractivity contribution >= 4 is 16.7 Å². The van der Waals surface area contributed by atoms with Crippen LogP contribution in [0.1, 0.15) is 26.2 Å². The molecule has 1 atom stereocenters. The van der Waals surface area contributed by atoms with Gasteiger partial charge in [-0.3, -0.25) is 4.79 Å². The van der Waals surface area contributed by atoms with E-state index in [4.69, 9.17) is 4.74 Å². The fourth-order valence-electron chi connectivity index (χ4n) is 2.25. The van der Waals surface area contributed by atoms with Gasteiger partial charge in [-0.1, -0.05) is 37.3 Å². The Kier molecular flexibility index (Phi) is 3.59. The minimum absolute atomic E-state index is 0.00292. The van der Waals surface area contributed by atoms with Crippen LogP contribution in [0.5, 0.6) is 5.75 Å². The largest absolute Gasteiger partial charge is 0.481 e. The number of amides is 1. The molecular formula is C17H19NO2. The molecule has 1 amide bonds. The van der Waals surface area contributed by atoms with Crippen molar-refractivity contribution in [1.29, 1.82) is 0 Å². The zero-order valence-electron chi connectivity index (χ0n) is 11.6. The minimum Gasteiger partial charge on any atom is -0.481 e. The number of rotatable bonds is 5. The molecule has 0 spiro atoms. The molecule has 1 aliphatic carbocycles. The molecule has 0 aromatic heterocycles. The summed E-state index contributed by atoms with van der Waals surface area (Å²) < 4.78 is 5.85. The van der Waals surface area contributed by atoms with Gasteiger partial charge in [0.25, 0.3) is 5.91 Å². The van der Waals surface area contributed by atoms with E-state index in [1.807, 2.05) is 43.3 Å². The zero-order valence-corrected chi connectivity index (χ0v) is 11.6. The van der Waals surface area contributed by atoms with Crippen molar-refractivity contribution in [3.63, 3.8) is 0 Å². The third kappa shape index (κ3) is 2.93. The molecule has 0 bridgehead atoms. The van der Waals surface area contributed by atoms with Crippen LogP contribution in [0, 0.1) is 0 Å². The predicted octanol–water partition coefficient (Wildman–Crippen LogP) is 3.28. The molecule has 3 nitrogen and oxygen atoms in total. The molecule has 1 N–H and O–H groups in total. The summed E-state index contributed by atoms with van der Waals surface area (Å²) in [6.07, 6.45) is 2.46. The van der Waals surface area contributed by atoms with Gasteiger partial charge >= 0.3 is 0 Å². The zero-order chi connectivity index (χ0) is 13.9. The second-order valence-electron chi connectivity index (χ2n) is 5.31. The lowest BCUT2D eigenvalue weighted by atomic mass is 10.1. The molecule has 20 heavy (non-hydrogen) atoms. The van der Waals surface area contributed by atoms with Gasteiger partial charge < -0.3 is 10.1 Å². The Morgan fingerprint density at radius 3 is 2.70 bits per heavy atom. The standard InChI is InChI=1S/C17H19NO2/c1-2-16(17(19)18-14-8-9-14)20-15-10-7-12-5-3-4-6-13(12)11-15/h3-7,10-11,14,16H,2,8-9H2,1H3,(H,18,19)/t16-/m0/s1. The summed E-state index contributed by atoms with van der Waals surface area (Å²) >= 11 is 0. The Bertz CT molecular complexity index is 619. The van der Waals surface area contributed by atoms with Crippen LogP contribution < -0.4 is 10.1 Å². The Balaban J connectivity index is 1.74. The normalized spacial score (nSPS) is 15.8. The van der Waals surface area contributed by atoms with Crippen LogP contribution in [-0.2, 0) is 4.79 Å². The summed E-state index contributed by atoms with van der Waals surface area (Å²) in [6, 6.07) is 14.4. The maximum Gasteiger partial charge on any atom is 0.261 e. The molecule has 0 unspecified atom stereocenters.